The van der Waals surface area contributed by atoms with Gasteiger partial charge in [-0.25, -0.2) is 0 Å². The standard InChI is InChI=1S/C4H8O4/c1-5-7-3-4-8-6-2/h3-4H,1-2H3. The lowest BCUT2D eigenvalue weighted by Gasteiger charge is -1.90. The SMILES string of the molecule is COOC=COOC. The van der Waals surface area contributed by atoms with E-state index in [-0.39, 0.29) is 0 Å². The van der Waals surface area contributed by atoms with Gasteiger partial charge in [0.05, 0.1) is 14.2 Å². The van der Waals surface area contributed by atoms with Crippen LogP contribution in [0, 0.1) is 0 Å². The van der Waals surface area contributed by atoms with Gasteiger partial charge < -0.3 is 9.78 Å². The van der Waals surface area contributed by atoms with Gasteiger partial charge in [0.15, 0.2) is 12.5 Å². The van der Waals surface area contributed by atoms with Crippen LogP contribution < -0.4 is 0 Å². The topological polar surface area (TPSA) is 36.9 Å². The van der Waals surface area contributed by atoms with Crippen molar-refractivity contribution in [3.63, 3.8) is 0 Å². The molecule has 0 aromatic carbocycles. The van der Waals surface area contributed by atoms with Gasteiger partial charge in [-0.05, 0) is 0 Å². The van der Waals surface area contributed by atoms with Gasteiger partial charge in [-0.3, -0.25) is 0 Å². The highest BCUT2D eigenvalue weighted by molar-refractivity contribution is 4.54. The summed E-state index contributed by atoms with van der Waals surface area (Å²) in [6.07, 6.45) is 2.40. The smallest absolute Gasteiger partial charge is 0.168 e. The van der Waals surface area contributed by atoms with Crippen LogP contribution in [0.15, 0.2) is 12.5 Å². The van der Waals surface area contributed by atoms with Crippen molar-refractivity contribution in [2.24, 2.45) is 0 Å². The summed E-state index contributed by atoms with van der Waals surface area (Å²) in [5, 5.41) is 0. The second kappa shape index (κ2) is 6.26. The van der Waals surface area contributed by atoms with Gasteiger partial charge in [-0.15, -0.1) is 0 Å². The van der Waals surface area contributed by atoms with E-state index in [1.54, 1.807) is 0 Å². The molecule has 0 radical (unpaired) electrons. The van der Waals surface area contributed by atoms with Crippen LogP contribution in [0.4, 0.5) is 0 Å². The maximum absolute atomic E-state index is 4.25. The zero-order chi connectivity index (χ0) is 6.24. The Morgan fingerprint density at radius 3 is 1.50 bits per heavy atom. The van der Waals surface area contributed by atoms with E-state index in [4.69, 9.17) is 0 Å². The highest BCUT2D eigenvalue weighted by Gasteiger charge is 1.69. The summed E-state index contributed by atoms with van der Waals surface area (Å²) in [4.78, 5) is 16.8. The van der Waals surface area contributed by atoms with E-state index >= 15 is 0 Å². The number of rotatable bonds is 4. The lowest BCUT2D eigenvalue weighted by Crippen LogP contribution is -1.79. The Bertz CT molecular complexity index is 53.1. The highest BCUT2D eigenvalue weighted by atomic mass is 17.2. The number of hydrogen-bond donors (Lipinski definition) is 0. The Morgan fingerprint density at radius 2 is 1.25 bits per heavy atom. The normalized spacial score (nSPS) is 9.75. The lowest BCUT2D eigenvalue weighted by molar-refractivity contribution is -0.245. The first-order valence-corrected chi connectivity index (χ1v) is 1.95. The quantitative estimate of drug-likeness (QED) is 0.309. The first-order chi connectivity index (χ1) is 3.91. The first kappa shape index (κ1) is 7.26. The van der Waals surface area contributed by atoms with Crippen molar-refractivity contribution in [3.8, 4) is 0 Å². The van der Waals surface area contributed by atoms with Gasteiger partial charge in [0.2, 0.25) is 0 Å². The Hall–Kier alpha value is -0.740. The molecule has 0 rings (SSSR count). The molecule has 8 heavy (non-hydrogen) atoms. The van der Waals surface area contributed by atoms with Crippen LogP contribution in [0.2, 0.25) is 0 Å². The molecule has 0 aliphatic rings. The minimum absolute atomic E-state index is 1.20. The minimum Gasteiger partial charge on any atom is -0.342 e. The Morgan fingerprint density at radius 1 is 0.875 bits per heavy atom. The fraction of sp³-hybridized carbons (Fsp3) is 0.500. The molecule has 0 saturated heterocycles. The Balaban J connectivity index is 2.83. The molecule has 0 aromatic heterocycles. The Labute approximate surface area is 47.5 Å². The van der Waals surface area contributed by atoms with Crippen molar-refractivity contribution in [3.05, 3.63) is 12.5 Å². The third-order valence-corrected chi connectivity index (χ3v) is 0.359. The monoisotopic (exact) mass is 120 g/mol. The van der Waals surface area contributed by atoms with E-state index in [2.05, 4.69) is 19.6 Å². The maximum Gasteiger partial charge on any atom is 0.168 e. The summed E-state index contributed by atoms with van der Waals surface area (Å²) in [6.45, 7) is 0. The molecule has 4 heteroatoms. The molecule has 0 bridgehead atoms. The summed E-state index contributed by atoms with van der Waals surface area (Å²) in [7, 11) is 2.77. The summed E-state index contributed by atoms with van der Waals surface area (Å²) >= 11 is 0. The molecule has 48 valence electrons. The molecule has 0 unspecified atom stereocenters. The summed E-state index contributed by atoms with van der Waals surface area (Å²) in [6, 6.07) is 0. The molecule has 0 fully saturated rings. The molecule has 0 N–H and O–H groups in total. The maximum atomic E-state index is 4.25. The molecule has 0 aliphatic heterocycles. The predicted molar refractivity (Wildman–Crippen MR) is 25.3 cm³/mol. The average molecular weight is 120 g/mol. The van der Waals surface area contributed by atoms with Crippen molar-refractivity contribution >= 4 is 0 Å². The first-order valence-electron chi connectivity index (χ1n) is 1.95. The van der Waals surface area contributed by atoms with Crippen LogP contribution in [-0.2, 0) is 19.6 Å². The van der Waals surface area contributed by atoms with Crippen molar-refractivity contribution in [2.75, 3.05) is 14.2 Å². The molecular formula is C4H8O4. The second-order valence-corrected chi connectivity index (χ2v) is 0.798. The largest absolute Gasteiger partial charge is 0.342 e. The second-order valence-electron chi connectivity index (χ2n) is 0.798. The molecular weight excluding hydrogens is 112 g/mol. The number of hydrogen-bond acceptors (Lipinski definition) is 4. The van der Waals surface area contributed by atoms with Crippen molar-refractivity contribution in [1.82, 2.24) is 0 Å². The van der Waals surface area contributed by atoms with E-state index in [1.807, 2.05) is 0 Å². The molecule has 0 heterocycles. The summed E-state index contributed by atoms with van der Waals surface area (Å²) in [5.41, 5.74) is 0. The van der Waals surface area contributed by atoms with E-state index in [9.17, 15) is 0 Å². The van der Waals surface area contributed by atoms with Gasteiger partial charge in [0.1, 0.15) is 0 Å². The molecule has 0 amide bonds. The van der Waals surface area contributed by atoms with Gasteiger partial charge in [0, 0.05) is 0 Å². The third kappa shape index (κ3) is 5.26. The van der Waals surface area contributed by atoms with Crippen LogP contribution in [0.5, 0.6) is 0 Å². The zero-order valence-corrected chi connectivity index (χ0v) is 4.79. The molecule has 0 spiro atoms. The van der Waals surface area contributed by atoms with E-state index in [0.717, 1.165) is 0 Å². The van der Waals surface area contributed by atoms with Crippen molar-refractivity contribution in [1.29, 1.82) is 0 Å². The summed E-state index contributed by atoms with van der Waals surface area (Å²) < 4.78 is 0. The highest BCUT2D eigenvalue weighted by Crippen LogP contribution is 1.78. The fourth-order valence-electron chi connectivity index (χ4n) is 0.156. The fourth-order valence-corrected chi connectivity index (χ4v) is 0.156. The van der Waals surface area contributed by atoms with Crippen LogP contribution in [0.3, 0.4) is 0 Å². The van der Waals surface area contributed by atoms with E-state index in [1.165, 1.54) is 26.7 Å². The molecule has 0 aromatic rings. The van der Waals surface area contributed by atoms with Crippen LogP contribution >= 0.6 is 0 Å². The zero-order valence-electron chi connectivity index (χ0n) is 4.79. The summed E-state index contributed by atoms with van der Waals surface area (Å²) in [5.74, 6) is 0. The predicted octanol–water partition coefficient (Wildman–Crippen LogP) is 0.614. The van der Waals surface area contributed by atoms with Gasteiger partial charge in [0.25, 0.3) is 0 Å². The van der Waals surface area contributed by atoms with Crippen LogP contribution in [0.1, 0.15) is 0 Å². The lowest BCUT2D eigenvalue weighted by atomic mass is 11.1. The van der Waals surface area contributed by atoms with Crippen molar-refractivity contribution in [2.45, 2.75) is 0 Å². The molecule has 4 nitrogen and oxygen atoms in total. The van der Waals surface area contributed by atoms with Gasteiger partial charge in [-0.1, -0.05) is 0 Å². The molecule has 0 aliphatic carbocycles. The van der Waals surface area contributed by atoms with Gasteiger partial charge in [-0.2, -0.15) is 9.78 Å². The molecule has 0 saturated carbocycles. The van der Waals surface area contributed by atoms with Crippen LogP contribution in [-0.4, -0.2) is 14.2 Å². The molecule has 0 atom stereocenters. The minimum atomic E-state index is 1.20. The van der Waals surface area contributed by atoms with E-state index in [0.29, 0.717) is 0 Å². The third-order valence-electron chi connectivity index (χ3n) is 0.359. The average Bonchev–Trinajstić information content (AvgIpc) is 1.81. The van der Waals surface area contributed by atoms with Crippen LogP contribution in [0.25, 0.3) is 0 Å². The van der Waals surface area contributed by atoms with Gasteiger partial charge >= 0.3 is 0 Å². The van der Waals surface area contributed by atoms with Crippen molar-refractivity contribution < 1.29 is 19.6 Å². The van der Waals surface area contributed by atoms with E-state index < -0.39 is 0 Å². The Kier molecular flexibility index (Phi) is 5.68.